The molecule has 0 aliphatic rings. The van der Waals surface area contributed by atoms with Crippen LogP contribution in [-0.4, -0.2) is 38.5 Å². The summed E-state index contributed by atoms with van der Waals surface area (Å²) in [5.41, 5.74) is 0.692. The predicted molar refractivity (Wildman–Crippen MR) is 75.7 cm³/mol. The summed E-state index contributed by atoms with van der Waals surface area (Å²) in [4.78, 5) is 12.1. The summed E-state index contributed by atoms with van der Waals surface area (Å²) in [5, 5.41) is 14.2. The summed E-state index contributed by atoms with van der Waals surface area (Å²) in [6, 6.07) is 7.21. The van der Waals surface area contributed by atoms with E-state index in [1.165, 1.54) is 16.4 Å². The standard InChI is InChI=1S/C12H15N5O2S/c1-8(20-12-14-15-16-17(12)2)11(18)13-9-5-4-6-10(7-9)19-3/h4-8H,1-3H3,(H,13,18)/t8-/m1/s1. The second kappa shape index (κ2) is 6.38. The normalized spacial score (nSPS) is 11.9. The minimum Gasteiger partial charge on any atom is -0.497 e. The number of hydrogen-bond acceptors (Lipinski definition) is 6. The summed E-state index contributed by atoms with van der Waals surface area (Å²) in [5.74, 6) is 0.576. The predicted octanol–water partition coefficient (Wildman–Crippen LogP) is 1.34. The van der Waals surface area contributed by atoms with Crippen LogP contribution in [0.2, 0.25) is 0 Å². The van der Waals surface area contributed by atoms with Gasteiger partial charge in [0.15, 0.2) is 0 Å². The first-order valence-electron chi connectivity index (χ1n) is 5.94. The number of carbonyl (C=O) groups is 1. The van der Waals surface area contributed by atoms with Gasteiger partial charge in [0.05, 0.1) is 12.4 Å². The molecule has 20 heavy (non-hydrogen) atoms. The number of nitrogens with one attached hydrogen (secondary N) is 1. The molecule has 2 aromatic rings. The van der Waals surface area contributed by atoms with Crippen molar-refractivity contribution in [3.05, 3.63) is 24.3 Å². The van der Waals surface area contributed by atoms with E-state index >= 15 is 0 Å². The second-order valence-corrected chi connectivity index (χ2v) is 5.37. The Kier molecular flexibility index (Phi) is 4.57. The zero-order valence-corrected chi connectivity index (χ0v) is 12.2. The van der Waals surface area contributed by atoms with E-state index < -0.39 is 0 Å². The Morgan fingerprint density at radius 2 is 2.30 bits per heavy atom. The SMILES string of the molecule is COc1cccc(NC(=O)[C@@H](C)Sc2nnnn2C)c1. The smallest absolute Gasteiger partial charge is 0.237 e. The van der Waals surface area contributed by atoms with Crippen molar-refractivity contribution in [3.63, 3.8) is 0 Å². The molecule has 1 atom stereocenters. The number of thioether (sulfide) groups is 1. The molecule has 0 unspecified atom stereocenters. The molecular weight excluding hydrogens is 278 g/mol. The third kappa shape index (κ3) is 3.47. The van der Waals surface area contributed by atoms with Crippen LogP contribution in [0.4, 0.5) is 5.69 Å². The summed E-state index contributed by atoms with van der Waals surface area (Å²) in [7, 11) is 3.31. The second-order valence-electron chi connectivity index (χ2n) is 4.07. The van der Waals surface area contributed by atoms with Crippen LogP contribution in [0.5, 0.6) is 5.75 Å². The molecule has 1 aromatic carbocycles. The molecule has 0 fully saturated rings. The molecule has 0 radical (unpaired) electrons. The van der Waals surface area contributed by atoms with E-state index in [2.05, 4.69) is 20.8 Å². The molecule has 0 saturated carbocycles. The van der Waals surface area contributed by atoms with Crippen molar-refractivity contribution in [1.82, 2.24) is 20.2 Å². The number of methoxy groups -OCH3 is 1. The first-order valence-corrected chi connectivity index (χ1v) is 6.82. The summed E-state index contributed by atoms with van der Waals surface area (Å²) >= 11 is 1.30. The average molecular weight is 293 g/mol. The highest BCUT2D eigenvalue weighted by molar-refractivity contribution is 8.00. The monoisotopic (exact) mass is 293 g/mol. The van der Waals surface area contributed by atoms with Gasteiger partial charge in [-0.25, -0.2) is 4.68 Å². The van der Waals surface area contributed by atoms with Crippen molar-refractivity contribution >= 4 is 23.4 Å². The average Bonchev–Trinajstić information content (AvgIpc) is 2.84. The van der Waals surface area contributed by atoms with Crippen LogP contribution in [0.15, 0.2) is 29.4 Å². The molecule has 2 rings (SSSR count). The molecule has 1 heterocycles. The van der Waals surface area contributed by atoms with Crippen LogP contribution < -0.4 is 10.1 Å². The molecule has 8 heteroatoms. The summed E-state index contributed by atoms with van der Waals surface area (Å²) < 4.78 is 6.64. The van der Waals surface area contributed by atoms with Gasteiger partial charge in [-0.15, -0.1) is 5.10 Å². The fourth-order valence-electron chi connectivity index (χ4n) is 1.48. The van der Waals surface area contributed by atoms with Gasteiger partial charge in [-0.05, 0) is 29.5 Å². The van der Waals surface area contributed by atoms with Gasteiger partial charge in [0.2, 0.25) is 11.1 Å². The molecule has 1 aromatic heterocycles. The van der Waals surface area contributed by atoms with Gasteiger partial charge in [-0.3, -0.25) is 4.79 Å². The van der Waals surface area contributed by atoms with E-state index in [0.717, 1.165) is 0 Å². The van der Waals surface area contributed by atoms with Gasteiger partial charge < -0.3 is 10.1 Å². The van der Waals surface area contributed by atoms with Crippen molar-refractivity contribution in [3.8, 4) is 5.75 Å². The molecule has 7 nitrogen and oxygen atoms in total. The zero-order chi connectivity index (χ0) is 14.5. The molecule has 1 N–H and O–H groups in total. The van der Waals surface area contributed by atoms with E-state index in [1.807, 2.05) is 18.2 Å². The van der Waals surface area contributed by atoms with Gasteiger partial charge in [-0.1, -0.05) is 17.8 Å². The third-order valence-electron chi connectivity index (χ3n) is 2.57. The molecule has 0 aliphatic heterocycles. The number of ether oxygens (including phenoxy) is 1. The lowest BCUT2D eigenvalue weighted by molar-refractivity contribution is -0.115. The first kappa shape index (κ1) is 14.3. The first-order chi connectivity index (χ1) is 9.60. The topological polar surface area (TPSA) is 81.9 Å². The molecule has 0 spiro atoms. The highest BCUT2D eigenvalue weighted by atomic mass is 32.2. The number of amides is 1. The largest absolute Gasteiger partial charge is 0.497 e. The number of aromatic nitrogens is 4. The van der Waals surface area contributed by atoms with Gasteiger partial charge in [0, 0.05) is 18.8 Å². The number of carbonyl (C=O) groups excluding carboxylic acids is 1. The molecule has 0 aliphatic carbocycles. The van der Waals surface area contributed by atoms with E-state index in [0.29, 0.717) is 16.6 Å². The van der Waals surface area contributed by atoms with E-state index in [9.17, 15) is 4.79 Å². The van der Waals surface area contributed by atoms with E-state index in [-0.39, 0.29) is 11.2 Å². The number of tetrazole rings is 1. The molecule has 0 saturated heterocycles. The van der Waals surface area contributed by atoms with Crippen LogP contribution in [0.3, 0.4) is 0 Å². The van der Waals surface area contributed by atoms with E-state index in [1.54, 1.807) is 27.1 Å². The fraction of sp³-hybridized carbons (Fsp3) is 0.333. The lowest BCUT2D eigenvalue weighted by atomic mass is 10.3. The molecule has 1 amide bonds. The third-order valence-corrected chi connectivity index (χ3v) is 3.69. The Morgan fingerprint density at radius 3 is 2.95 bits per heavy atom. The minimum atomic E-state index is -0.314. The maximum Gasteiger partial charge on any atom is 0.237 e. The Bertz CT molecular complexity index is 601. The van der Waals surface area contributed by atoms with Gasteiger partial charge >= 0.3 is 0 Å². The highest BCUT2D eigenvalue weighted by Crippen LogP contribution is 2.22. The van der Waals surface area contributed by atoms with Crippen molar-refractivity contribution in [2.24, 2.45) is 7.05 Å². The quantitative estimate of drug-likeness (QED) is 0.838. The summed E-state index contributed by atoms with van der Waals surface area (Å²) in [6.45, 7) is 1.80. The van der Waals surface area contributed by atoms with Crippen molar-refractivity contribution in [2.75, 3.05) is 12.4 Å². The number of hydrogen-bond donors (Lipinski definition) is 1. The van der Waals surface area contributed by atoms with Crippen molar-refractivity contribution in [1.29, 1.82) is 0 Å². The molecule has 106 valence electrons. The maximum absolute atomic E-state index is 12.1. The van der Waals surface area contributed by atoms with Gasteiger partial charge in [0.1, 0.15) is 5.75 Å². The van der Waals surface area contributed by atoms with Gasteiger partial charge in [0.25, 0.3) is 0 Å². The Hall–Kier alpha value is -2.09. The van der Waals surface area contributed by atoms with Crippen LogP contribution in [0.25, 0.3) is 0 Å². The molecular formula is C12H15N5O2S. The van der Waals surface area contributed by atoms with Crippen molar-refractivity contribution < 1.29 is 9.53 Å². The Balaban J connectivity index is 1.98. The van der Waals surface area contributed by atoms with Gasteiger partial charge in [-0.2, -0.15) is 0 Å². The Labute approximate surface area is 120 Å². The fourth-order valence-corrected chi connectivity index (χ4v) is 2.23. The highest BCUT2D eigenvalue weighted by Gasteiger charge is 2.17. The number of nitrogens with zero attached hydrogens (tertiary/aromatic N) is 4. The molecule has 0 bridgehead atoms. The minimum absolute atomic E-state index is 0.119. The lowest BCUT2D eigenvalue weighted by Gasteiger charge is -2.11. The Morgan fingerprint density at radius 1 is 1.50 bits per heavy atom. The number of aryl methyl sites for hydroxylation is 1. The van der Waals surface area contributed by atoms with Crippen LogP contribution in [-0.2, 0) is 11.8 Å². The van der Waals surface area contributed by atoms with Crippen LogP contribution >= 0.6 is 11.8 Å². The lowest BCUT2D eigenvalue weighted by Crippen LogP contribution is -2.22. The number of benzene rings is 1. The zero-order valence-electron chi connectivity index (χ0n) is 11.4. The summed E-state index contributed by atoms with van der Waals surface area (Å²) in [6.07, 6.45) is 0. The maximum atomic E-state index is 12.1. The number of rotatable bonds is 5. The van der Waals surface area contributed by atoms with Crippen molar-refractivity contribution in [2.45, 2.75) is 17.3 Å². The van der Waals surface area contributed by atoms with Crippen LogP contribution in [0, 0.1) is 0 Å². The van der Waals surface area contributed by atoms with Crippen LogP contribution in [0.1, 0.15) is 6.92 Å². The van der Waals surface area contributed by atoms with E-state index in [4.69, 9.17) is 4.74 Å². The number of anilines is 1.